The summed E-state index contributed by atoms with van der Waals surface area (Å²) in [5.41, 5.74) is 0.205. The lowest BCUT2D eigenvalue weighted by atomic mass is 9.89. The van der Waals surface area contributed by atoms with Crippen molar-refractivity contribution in [2.45, 2.75) is 33.3 Å². The summed E-state index contributed by atoms with van der Waals surface area (Å²) in [5.74, 6) is 0.695. The molecule has 0 rings (SSSR count). The highest BCUT2D eigenvalue weighted by Crippen LogP contribution is 2.24. The monoisotopic (exact) mass is 164 g/mol. The van der Waals surface area contributed by atoms with Gasteiger partial charge in [0.25, 0.3) is 0 Å². The molecule has 0 aromatic heterocycles. The van der Waals surface area contributed by atoms with Crippen molar-refractivity contribution in [2.24, 2.45) is 5.41 Å². The summed E-state index contributed by atoms with van der Waals surface area (Å²) in [6.45, 7) is 6.36. The second-order valence-corrected chi connectivity index (χ2v) is 3.82. The molecule has 0 amide bonds. The van der Waals surface area contributed by atoms with Crippen LogP contribution in [0.1, 0.15) is 27.2 Å². The molecule has 0 radical (unpaired) electrons. The average Bonchev–Trinajstić information content (AvgIpc) is 1.87. The van der Waals surface area contributed by atoms with Crippen LogP contribution in [0.15, 0.2) is 0 Å². The molecule has 0 aromatic rings. The summed E-state index contributed by atoms with van der Waals surface area (Å²) >= 11 is 5.74. The minimum Gasteiger partial charge on any atom is -0.382 e. The Labute approximate surface area is 68.7 Å². The molecular weight excluding hydrogens is 148 g/mol. The van der Waals surface area contributed by atoms with Crippen molar-refractivity contribution in [1.82, 2.24) is 0 Å². The van der Waals surface area contributed by atoms with Crippen molar-refractivity contribution in [2.75, 3.05) is 13.0 Å². The Morgan fingerprint density at radius 2 is 2.00 bits per heavy atom. The zero-order valence-electron chi connectivity index (χ0n) is 7.28. The van der Waals surface area contributed by atoms with Gasteiger partial charge in [-0.25, -0.2) is 0 Å². The van der Waals surface area contributed by atoms with Gasteiger partial charge in [0.1, 0.15) is 0 Å². The molecule has 0 heterocycles. The van der Waals surface area contributed by atoms with E-state index < -0.39 is 0 Å². The lowest BCUT2D eigenvalue weighted by Gasteiger charge is -2.24. The van der Waals surface area contributed by atoms with Crippen LogP contribution in [0.25, 0.3) is 0 Å². The fraction of sp³-hybridized carbons (Fsp3) is 1.00. The second kappa shape index (κ2) is 4.20. The maximum Gasteiger partial charge on any atom is 0.0548 e. The van der Waals surface area contributed by atoms with Crippen LogP contribution in [0.5, 0.6) is 0 Å². The minimum atomic E-state index is 0.205. The van der Waals surface area contributed by atoms with E-state index in [1.165, 1.54) is 0 Å². The van der Waals surface area contributed by atoms with Gasteiger partial charge in [-0.15, -0.1) is 11.6 Å². The molecule has 0 bridgehead atoms. The molecule has 0 aliphatic heterocycles. The first kappa shape index (κ1) is 10.2. The van der Waals surface area contributed by atoms with Crippen molar-refractivity contribution in [1.29, 1.82) is 0 Å². The van der Waals surface area contributed by atoms with Crippen LogP contribution < -0.4 is 0 Å². The van der Waals surface area contributed by atoms with Gasteiger partial charge in [-0.2, -0.15) is 0 Å². The first-order valence-electron chi connectivity index (χ1n) is 3.60. The SMILES string of the molecule is COC(C)CC(C)(C)CCl. The van der Waals surface area contributed by atoms with Gasteiger partial charge < -0.3 is 4.74 Å². The fourth-order valence-electron chi connectivity index (χ4n) is 0.916. The maximum atomic E-state index is 5.74. The van der Waals surface area contributed by atoms with E-state index in [9.17, 15) is 0 Å². The number of hydrogen-bond donors (Lipinski definition) is 0. The second-order valence-electron chi connectivity index (χ2n) is 3.55. The first-order chi connectivity index (χ1) is 4.52. The van der Waals surface area contributed by atoms with Gasteiger partial charge in [-0.05, 0) is 18.8 Å². The van der Waals surface area contributed by atoms with E-state index in [1.54, 1.807) is 7.11 Å². The molecule has 0 saturated carbocycles. The van der Waals surface area contributed by atoms with E-state index in [2.05, 4.69) is 20.8 Å². The van der Waals surface area contributed by atoms with Gasteiger partial charge in [-0.1, -0.05) is 13.8 Å². The minimum absolute atomic E-state index is 0.205. The van der Waals surface area contributed by atoms with E-state index in [0.29, 0.717) is 12.0 Å². The standard InChI is InChI=1S/C8H17ClO/c1-7(10-4)5-8(2,3)6-9/h7H,5-6H2,1-4H3. The summed E-state index contributed by atoms with van der Waals surface area (Å²) in [5, 5.41) is 0. The highest BCUT2D eigenvalue weighted by atomic mass is 35.5. The Morgan fingerprint density at radius 3 is 2.30 bits per heavy atom. The predicted molar refractivity (Wildman–Crippen MR) is 45.6 cm³/mol. The highest BCUT2D eigenvalue weighted by molar-refractivity contribution is 6.18. The van der Waals surface area contributed by atoms with E-state index in [1.807, 2.05) is 0 Å². The first-order valence-corrected chi connectivity index (χ1v) is 4.14. The van der Waals surface area contributed by atoms with Crippen LogP contribution in [0.2, 0.25) is 0 Å². The van der Waals surface area contributed by atoms with Crippen LogP contribution in [0.4, 0.5) is 0 Å². The third-order valence-corrected chi connectivity index (χ3v) is 2.33. The van der Waals surface area contributed by atoms with Crippen molar-refractivity contribution in [3.8, 4) is 0 Å². The fourth-order valence-corrected chi connectivity index (χ4v) is 1.03. The Morgan fingerprint density at radius 1 is 1.50 bits per heavy atom. The molecule has 1 atom stereocenters. The van der Waals surface area contributed by atoms with Crippen molar-refractivity contribution < 1.29 is 4.74 Å². The Hall–Kier alpha value is 0.250. The largest absolute Gasteiger partial charge is 0.382 e. The molecular formula is C8H17ClO. The normalized spacial score (nSPS) is 15.3. The van der Waals surface area contributed by atoms with E-state index >= 15 is 0 Å². The van der Waals surface area contributed by atoms with Gasteiger partial charge in [0.05, 0.1) is 6.10 Å². The summed E-state index contributed by atoms with van der Waals surface area (Å²) < 4.78 is 5.13. The van der Waals surface area contributed by atoms with Crippen molar-refractivity contribution in [3.63, 3.8) is 0 Å². The zero-order chi connectivity index (χ0) is 8.20. The van der Waals surface area contributed by atoms with Crippen molar-refractivity contribution in [3.05, 3.63) is 0 Å². The van der Waals surface area contributed by atoms with E-state index in [4.69, 9.17) is 16.3 Å². The summed E-state index contributed by atoms with van der Waals surface area (Å²) in [6, 6.07) is 0. The van der Waals surface area contributed by atoms with Gasteiger partial charge >= 0.3 is 0 Å². The number of ether oxygens (including phenoxy) is 1. The Balaban J connectivity index is 3.64. The lowest BCUT2D eigenvalue weighted by molar-refractivity contribution is 0.0815. The predicted octanol–water partition coefficient (Wildman–Crippen LogP) is 2.68. The Bertz CT molecular complexity index is 91.3. The van der Waals surface area contributed by atoms with Crippen LogP contribution in [0.3, 0.4) is 0 Å². The topological polar surface area (TPSA) is 9.23 Å². The zero-order valence-corrected chi connectivity index (χ0v) is 8.03. The van der Waals surface area contributed by atoms with Gasteiger partial charge in [-0.3, -0.25) is 0 Å². The van der Waals surface area contributed by atoms with Gasteiger partial charge in [0.15, 0.2) is 0 Å². The molecule has 0 aliphatic rings. The molecule has 62 valence electrons. The summed E-state index contributed by atoms with van der Waals surface area (Å²) in [4.78, 5) is 0. The molecule has 1 unspecified atom stereocenters. The summed E-state index contributed by atoms with van der Waals surface area (Å²) in [6.07, 6.45) is 1.33. The third kappa shape index (κ3) is 4.13. The molecule has 10 heavy (non-hydrogen) atoms. The van der Waals surface area contributed by atoms with E-state index in [-0.39, 0.29) is 5.41 Å². The number of hydrogen-bond acceptors (Lipinski definition) is 1. The lowest BCUT2D eigenvalue weighted by Crippen LogP contribution is -2.21. The molecule has 1 nitrogen and oxygen atoms in total. The number of methoxy groups -OCH3 is 1. The molecule has 0 saturated heterocycles. The maximum absolute atomic E-state index is 5.74. The molecule has 0 aromatic carbocycles. The van der Waals surface area contributed by atoms with Crippen LogP contribution in [-0.2, 0) is 4.74 Å². The number of rotatable bonds is 4. The van der Waals surface area contributed by atoms with Crippen LogP contribution in [-0.4, -0.2) is 19.1 Å². The molecule has 0 fully saturated rings. The molecule has 0 N–H and O–H groups in total. The highest BCUT2D eigenvalue weighted by Gasteiger charge is 2.19. The average molecular weight is 165 g/mol. The molecule has 0 spiro atoms. The van der Waals surface area contributed by atoms with Crippen LogP contribution in [0, 0.1) is 5.41 Å². The third-order valence-electron chi connectivity index (χ3n) is 1.60. The van der Waals surface area contributed by atoms with Gasteiger partial charge in [0, 0.05) is 13.0 Å². The number of alkyl halides is 1. The smallest absolute Gasteiger partial charge is 0.0548 e. The number of halogens is 1. The van der Waals surface area contributed by atoms with Crippen molar-refractivity contribution >= 4 is 11.6 Å². The van der Waals surface area contributed by atoms with E-state index in [0.717, 1.165) is 6.42 Å². The van der Waals surface area contributed by atoms with Gasteiger partial charge in [0.2, 0.25) is 0 Å². The van der Waals surface area contributed by atoms with Crippen LogP contribution >= 0.6 is 11.6 Å². The quantitative estimate of drug-likeness (QED) is 0.581. The molecule has 2 heteroatoms. The summed E-state index contributed by atoms with van der Waals surface area (Å²) in [7, 11) is 1.73. The molecule has 0 aliphatic carbocycles. The Kier molecular flexibility index (Phi) is 4.30.